The highest BCUT2D eigenvalue weighted by atomic mass is 16.1. The maximum atomic E-state index is 11.8. The van der Waals surface area contributed by atoms with Crippen molar-refractivity contribution >= 4 is 11.6 Å². The Morgan fingerprint density at radius 1 is 1.32 bits per heavy atom. The van der Waals surface area contributed by atoms with Crippen LogP contribution in [-0.2, 0) is 4.79 Å². The Morgan fingerprint density at radius 3 is 2.58 bits per heavy atom. The smallest absolute Gasteiger partial charge is 0.235 e. The molecule has 1 amide bonds. The highest BCUT2D eigenvalue weighted by molar-refractivity contribution is 5.92. The Hall–Kier alpha value is -2.24. The zero-order chi connectivity index (χ0) is 13.2. The summed E-state index contributed by atoms with van der Waals surface area (Å²) in [5.41, 5.74) is 0.637. The fourth-order valence-electron chi connectivity index (χ4n) is 2.01. The van der Waals surface area contributed by atoms with Gasteiger partial charge < -0.3 is 5.32 Å². The zero-order valence-electron chi connectivity index (χ0n) is 10.7. The Bertz CT molecular complexity index is 585. The van der Waals surface area contributed by atoms with E-state index in [-0.39, 0.29) is 11.8 Å². The topological polar surface area (TPSA) is 72.7 Å². The summed E-state index contributed by atoms with van der Waals surface area (Å²) in [7, 11) is 0. The molecule has 1 aliphatic rings. The molecule has 0 unspecified atom stereocenters. The molecular formula is C13H15N5O. The van der Waals surface area contributed by atoms with Crippen molar-refractivity contribution in [3.8, 4) is 5.95 Å². The van der Waals surface area contributed by atoms with Crippen molar-refractivity contribution in [2.24, 2.45) is 5.92 Å². The summed E-state index contributed by atoms with van der Waals surface area (Å²) in [5, 5.41) is 2.84. The summed E-state index contributed by atoms with van der Waals surface area (Å²) < 4.78 is 1.79. The molecule has 0 radical (unpaired) electrons. The van der Waals surface area contributed by atoms with Gasteiger partial charge in [-0.2, -0.15) is 0 Å². The highest BCUT2D eigenvalue weighted by Crippen LogP contribution is 2.27. The lowest BCUT2D eigenvalue weighted by molar-refractivity contribution is -0.122. The van der Waals surface area contributed by atoms with E-state index in [9.17, 15) is 4.79 Å². The molecule has 1 aliphatic carbocycles. The van der Waals surface area contributed by atoms with Crippen molar-refractivity contribution in [2.45, 2.75) is 26.2 Å². The van der Waals surface area contributed by atoms with E-state index in [0.717, 1.165) is 25.1 Å². The minimum absolute atomic E-state index is 0.0708. The molecule has 1 fully saturated rings. The van der Waals surface area contributed by atoms with Crippen LogP contribution in [0.2, 0.25) is 0 Å². The second-order valence-corrected chi connectivity index (χ2v) is 4.73. The summed E-state index contributed by atoms with van der Waals surface area (Å²) in [4.78, 5) is 24.4. The number of hydrogen-bond acceptors (Lipinski definition) is 4. The van der Waals surface area contributed by atoms with Gasteiger partial charge >= 0.3 is 0 Å². The van der Waals surface area contributed by atoms with Crippen LogP contribution in [0.3, 0.4) is 0 Å². The van der Waals surface area contributed by atoms with Crippen molar-refractivity contribution in [1.29, 1.82) is 0 Å². The molecule has 2 aromatic rings. The number of imidazole rings is 1. The molecule has 19 heavy (non-hydrogen) atoms. The van der Waals surface area contributed by atoms with E-state index in [1.807, 2.05) is 6.92 Å². The third-order valence-corrected chi connectivity index (χ3v) is 3.42. The van der Waals surface area contributed by atoms with E-state index in [1.165, 1.54) is 0 Å². The SMILES string of the molecule is Cc1nccn1-c1ncc(NC(=O)C2CCC2)cn1. The second kappa shape index (κ2) is 4.79. The lowest BCUT2D eigenvalue weighted by Gasteiger charge is -2.23. The molecule has 0 aromatic carbocycles. The molecule has 0 bridgehead atoms. The monoisotopic (exact) mass is 257 g/mol. The molecule has 98 valence electrons. The number of anilines is 1. The third-order valence-electron chi connectivity index (χ3n) is 3.42. The molecule has 1 N–H and O–H groups in total. The first-order valence-corrected chi connectivity index (χ1v) is 6.37. The van der Waals surface area contributed by atoms with Crippen LogP contribution in [0, 0.1) is 12.8 Å². The Balaban J connectivity index is 1.72. The third kappa shape index (κ3) is 2.33. The van der Waals surface area contributed by atoms with Gasteiger partial charge in [0.2, 0.25) is 11.9 Å². The number of rotatable bonds is 3. The summed E-state index contributed by atoms with van der Waals surface area (Å²) >= 11 is 0. The van der Waals surface area contributed by atoms with Gasteiger partial charge in [0.05, 0.1) is 18.1 Å². The number of amides is 1. The maximum Gasteiger partial charge on any atom is 0.235 e. The molecule has 2 heterocycles. The Morgan fingerprint density at radius 2 is 2.05 bits per heavy atom. The molecule has 0 atom stereocenters. The fraction of sp³-hybridized carbons (Fsp3) is 0.385. The van der Waals surface area contributed by atoms with E-state index in [0.29, 0.717) is 11.6 Å². The van der Waals surface area contributed by atoms with Gasteiger partial charge in [0.15, 0.2) is 0 Å². The molecule has 0 saturated heterocycles. The number of nitrogens with zero attached hydrogens (tertiary/aromatic N) is 4. The van der Waals surface area contributed by atoms with Gasteiger partial charge in [-0.25, -0.2) is 15.0 Å². The van der Waals surface area contributed by atoms with Crippen LogP contribution >= 0.6 is 0 Å². The highest BCUT2D eigenvalue weighted by Gasteiger charge is 2.25. The fourth-order valence-corrected chi connectivity index (χ4v) is 2.01. The second-order valence-electron chi connectivity index (χ2n) is 4.73. The van der Waals surface area contributed by atoms with E-state index >= 15 is 0 Å². The Kier molecular flexibility index (Phi) is 2.98. The molecule has 6 heteroatoms. The van der Waals surface area contributed by atoms with Crippen LogP contribution in [0.5, 0.6) is 0 Å². The molecule has 0 spiro atoms. The number of hydrogen-bond donors (Lipinski definition) is 1. The van der Waals surface area contributed by atoms with Gasteiger partial charge in [-0.1, -0.05) is 6.42 Å². The van der Waals surface area contributed by atoms with Gasteiger partial charge in [0.25, 0.3) is 0 Å². The first-order valence-electron chi connectivity index (χ1n) is 6.37. The maximum absolute atomic E-state index is 11.8. The molecule has 0 aliphatic heterocycles. The number of carbonyl (C=O) groups excluding carboxylic acids is 1. The normalized spacial score (nSPS) is 15.0. The van der Waals surface area contributed by atoms with Crippen LogP contribution in [0.4, 0.5) is 5.69 Å². The zero-order valence-corrected chi connectivity index (χ0v) is 10.7. The van der Waals surface area contributed by atoms with E-state index < -0.39 is 0 Å². The van der Waals surface area contributed by atoms with Crippen LogP contribution in [0.1, 0.15) is 25.1 Å². The standard InChI is InChI=1S/C13H15N5O/c1-9-14-5-6-18(9)13-15-7-11(8-16-13)17-12(19)10-3-2-4-10/h5-8,10H,2-4H2,1H3,(H,17,19). The minimum Gasteiger partial charge on any atom is -0.323 e. The number of aromatic nitrogens is 4. The molecule has 6 nitrogen and oxygen atoms in total. The predicted octanol–water partition coefficient (Wildman–Crippen LogP) is 1.71. The van der Waals surface area contributed by atoms with Crippen LogP contribution in [-0.4, -0.2) is 25.4 Å². The van der Waals surface area contributed by atoms with Crippen molar-refractivity contribution in [1.82, 2.24) is 19.5 Å². The van der Waals surface area contributed by atoms with Gasteiger partial charge in [-0.05, 0) is 19.8 Å². The van der Waals surface area contributed by atoms with Gasteiger partial charge in [0, 0.05) is 18.3 Å². The van der Waals surface area contributed by atoms with Crippen molar-refractivity contribution in [3.63, 3.8) is 0 Å². The van der Waals surface area contributed by atoms with E-state index in [1.54, 1.807) is 29.4 Å². The van der Waals surface area contributed by atoms with Gasteiger partial charge in [0.1, 0.15) is 5.82 Å². The summed E-state index contributed by atoms with van der Waals surface area (Å²) in [5.74, 6) is 1.61. The van der Waals surface area contributed by atoms with Gasteiger partial charge in [-0.15, -0.1) is 0 Å². The van der Waals surface area contributed by atoms with Crippen LogP contribution in [0.25, 0.3) is 5.95 Å². The van der Waals surface area contributed by atoms with Crippen molar-refractivity contribution in [3.05, 3.63) is 30.6 Å². The summed E-state index contributed by atoms with van der Waals surface area (Å²) in [6.45, 7) is 1.88. The predicted molar refractivity (Wildman–Crippen MR) is 69.9 cm³/mol. The molecule has 2 aromatic heterocycles. The van der Waals surface area contributed by atoms with Crippen molar-refractivity contribution in [2.75, 3.05) is 5.32 Å². The van der Waals surface area contributed by atoms with Crippen LogP contribution in [0.15, 0.2) is 24.8 Å². The number of carbonyl (C=O) groups is 1. The Labute approximate surface area is 110 Å². The van der Waals surface area contributed by atoms with Gasteiger partial charge in [-0.3, -0.25) is 9.36 Å². The lowest BCUT2D eigenvalue weighted by atomic mass is 9.85. The minimum atomic E-state index is 0.0708. The average Bonchev–Trinajstić information content (AvgIpc) is 2.74. The quantitative estimate of drug-likeness (QED) is 0.908. The van der Waals surface area contributed by atoms with E-state index in [2.05, 4.69) is 20.3 Å². The molecule has 1 saturated carbocycles. The number of aryl methyl sites for hydroxylation is 1. The first-order chi connectivity index (χ1) is 9.24. The van der Waals surface area contributed by atoms with Crippen molar-refractivity contribution < 1.29 is 4.79 Å². The largest absolute Gasteiger partial charge is 0.323 e. The molecule has 3 rings (SSSR count). The molecular weight excluding hydrogens is 242 g/mol. The average molecular weight is 257 g/mol. The van der Waals surface area contributed by atoms with Crippen LogP contribution < -0.4 is 5.32 Å². The number of nitrogens with one attached hydrogen (secondary N) is 1. The summed E-state index contributed by atoms with van der Waals surface area (Å²) in [6.07, 6.45) is 9.87. The lowest BCUT2D eigenvalue weighted by Crippen LogP contribution is -2.28. The first kappa shape index (κ1) is 11.8. The van der Waals surface area contributed by atoms with E-state index in [4.69, 9.17) is 0 Å². The summed E-state index contributed by atoms with van der Waals surface area (Å²) in [6, 6.07) is 0.